The van der Waals surface area contributed by atoms with E-state index in [2.05, 4.69) is 0 Å². The van der Waals surface area contributed by atoms with Crippen molar-refractivity contribution >= 4 is 0 Å². The van der Waals surface area contributed by atoms with Gasteiger partial charge in [0.1, 0.15) is 0 Å². The first-order valence-corrected chi connectivity index (χ1v) is 8.17. The quantitative estimate of drug-likeness (QED) is 0.762. The summed E-state index contributed by atoms with van der Waals surface area (Å²) in [5, 5.41) is 0. The van der Waals surface area contributed by atoms with E-state index in [0.717, 1.165) is 30.9 Å². The van der Waals surface area contributed by atoms with Gasteiger partial charge in [-0.25, -0.2) is 0 Å². The highest BCUT2D eigenvalue weighted by molar-refractivity contribution is 4.96. The maximum absolute atomic E-state index is 6.09. The van der Waals surface area contributed by atoms with Crippen LogP contribution in [0.15, 0.2) is 0 Å². The molecule has 3 rings (SSSR count). The van der Waals surface area contributed by atoms with Crippen LogP contribution in [-0.2, 0) is 4.74 Å². The summed E-state index contributed by atoms with van der Waals surface area (Å²) in [5.41, 5.74) is 6.37. The molecular formula is C16H29NO. The van der Waals surface area contributed by atoms with Crippen LogP contribution in [0.2, 0.25) is 0 Å². The van der Waals surface area contributed by atoms with Gasteiger partial charge in [-0.2, -0.15) is 0 Å². The number of nitrogens with two attached hydrogens (primary N) is 1. The Balaban J connectivity index is 1.67. The zero-order valence-corrected chi connectivity index (χ0v) is 11.7. The van der Waals surface area contributed by atoms with Gasteiger partial charge in [0.15, 0.2) is 0 Å². The van der Waals surface area contributed by atoms with Crippen molar-refractivity contribution in [3.8, 4) is 0 Å². The third kappa shape index (κ3) is 2.46. The Bertz CT molecular complexity index is 274. The van der Waals surface area contributed by atoms with Crippen LogP contribution >= 0.6 is 0 Å². The molecule has 2 aliphatic carbocycles. The van der Waals surface area contributed by atoms with Gasteiger partial charge in [-0.15, -0.1) is 0 Å². The van der Waals surface area contributed by atoms with Crippen molar-refractivity contribution in [2.24, 2.45) is 23.5 Å². The second kappa shape index (κ2) is 5.50. The van der Waals surface area contributed by atoms with Crippen LogP contribution in [0, 0.1) is 17.8 Å². The Labute approximate surface area is 112 Å². The van der Waals surface area contributed by atoms with E-state index in [4.69, 9.17) is 10.5 Å². The molecule has 0 aromatic carbocycles. The van der Waals surface area contributed by atoms with Gasteiger partial charge in [-0.3, -0.25) is 0 Å². The fourth-order valence-corrected chi connectivity index (χ4v) is 4.68. The summed E-state index contributed by atoms with van der Waals surface area (Å²) < 4.78 is 6.09. The van der Waals surface area contributed by atoms with E-state index in [1.807, 2.05) is 0 Å². The van der Waals surface area contributed by atoms with Gasteiger partial charge in [0.05, 0.1) is 5.60 Å². The summed E-state index contributed by atoms with van der Waals surface area (Å²) in [7, 11) is 0. The minimum absolute atomic E-state index is 0.314. The van der Waals surface area contributed by atoms with E-state index in [-0.39, 0.29) is 0 Å². The smallest absolute Gasteiger partial charge is 0.0685 e. The van der Waals surface area contributed by atoms with Crippen molar-refractivity contribution in [2.75, 3.05) is 13.2 Å². The van der Waals surface area contributed by atoms with Crippen LogP contribution in [0.3, 0.4) is 0 Å². The molecule has 1 saturated heterocycles. The van der Waals surface area contributed by atoms with Gasteiger partial charge in [0.2, 0.25) is 0 Å². The molecule has 2 N–H and O–H groups in total. The summed E-state index contributed by atoms with van der Waals surface area (Å²) in [5.74, 6) is 2.61. The van der Waals surface area contributed by atoms with Crippen molar-refractivity contribution < 1.29 is 4.74 Å². The first-order chi connectivity index (χ1) is 8.83. The standard InChI is InChI=1S/C16H29NO/c17-12-14-5-2-1-3-6-15(14)13-7-10-18-16(11-13)8-4-9-16/h13-15H,1-12,17H2. The molecule has 2 heteroatoms. The predicted molar refractivity (Wildman–Crippen MR) is 74.4 cm³/mol. The highest BCUT2D eigenvalue weighted by Gasteiger charge is 2.45. The molecule has 104 valence electrons. The van der Waals surface area contributed by atoms with Gasteiger partial charge in [0, 0.05) is 6.61 Å². The number of rotatable bonds is 2. The van der Waals surface area contributed by atoms with E-state index in [0.29, 0.717) is 5.60 Å². The van der Waals surface area contributed by atoms with E-state index in [1.165, 1.54) is 64.2 Å². The minimum atomic E-state index is 0.314. The molecule has 0 aromatic heterocycles. The van der Waals surface area contributed by atoms with Gasteiger partial charge < -0.3 is 10.5 Å². The Kier molecular flexibility index (Phi) is 3.95. The first-order valence-electron chi connectivity index (χ1n) is 8.17. The molecule has 18 heavy (non-hydrogen) atoms. The third-order valence-corrected chi connectivity index (χ3v) is 5.92. The normalized spacial score (nSPS) is 40.2. The van der Waals surface area contributed by atoms with Crippen LogP contribution in [-0.4, -0.2) is 18.8 Å². The molecule has 2 saturated carbocycles. The van der Waals surface area contributed by atoms with Gasteiger partial charge >= 0.3 is 0 Å². The third-order valence-electron chi connectivity index (χ3n) is 5.92. The molecule has 0 amide bonds. The summed E-state index contributed by atoms with van der Waals surface area (Å²) in [6, 6.07) is 0. The molecule has 3 unspecified atom stereocenters. The van der Waals surface area contributed by atoms with Crippen molar-refractivity contribution in [3.05, 3.63) is 0 Å². The molecule has 1 heterocycles. The molecule has 0 aromatic rings. The molecule has 2 nitrogen and oxygen atoms in total. The van der Waals surface area contributed by atoms with Crippen LogP contribution in [0.1, 0.15) is 64.2 Å². The zero-order valence-electron chi connectivity index (χ0n) is 11.7. The fraction of sp³-hybridized carbons (Fsp3) is 1.00. The molecule has 1 spiro atoms. The molecule has 0 radical (unpaired) electrons. The van der Waals surface area contributed by atoms with E-state index in [9.17, 15) is 0 Å². The van der Waals surface area contributed by atoms with Crippen molar-refractivity contribution in [2.45, 2.75) is 69.8 Å². The monoisotopic (exact) mass is 251 g/mol. The fourth-order valence-electron chi connectivity index (χ4n) is 4.68. The zero-order chi connectivity index (χ0) is 12.4. The Morgan fingerprint density at radius 3 is 2.56 bits per heavy atom. The second-order valence-electron chi connectivity index (χ2n) is 6.94. The lowest BCUT2D eigenvalue weighted by atomic mass is 9.66. The highest BCUT2D eigenvalue weighted by atomic mass is 16.5. The van der Waals surface area contributed by atoms with E-state index >= 15 is 0 Å². The maximum atomic E-state index is 6.09. The van der Waals surface area contributed by atoms with Gasteiger partial charge in [-0.1, -0.05) is 19.3 Å². The average Bonchev–Trinajstić information content (AvgIpc) is 2.62. The predicted octanol–water partition coefficient (Wildman–Crippen LogP) is 3.49. The lowest BCUT2D eigenvalue weighted by molar-refractivity contribution is -0.153. The molecule has 0 bridgehead atoms. The Hall–Kier alpha value is -0.0800. The largest absolute Gasteiger partial charge is 0.375 e. The molecular weight excluding hydrogens is 222 g/mol. The van der Waals surface area contributed by atoms with Crippen LogP contribution in [0.5, 0.6) is 0 Å². The van der Waals surface area contributed by atoms with Crippen LogP contribution < -0.4 is 5.73 Å². The molecule has 3 fully saturated rings. The number of ether oxygens (including phenoxy) is 1. The number of hydrogen-bond donors (Lipinski definition) is 1. The minimum Gasteiger partial charge on any atom is -0.375 e. The van der Waals surface area contributed by atoms with Crippen molar-refractivity contribution in [3.63, 3.8) is 0 Å². The lowest BCUT2D eigenvalue weighted by Crippen LogP contribution is -2.47. The van der Waals surface area contributed by atoms with E-state index < -0.39 is 0 Å². The van der Waals surface area contributed by atoms with Crippen LogP contribution in [0.4, 0.5) is 0 Å². The summed E-state index contributed by atoms with van der Waals surface area (Å²) in [6.45, 7) is 1.92. The van der Waals surface area contributed by atoms with Crippen molar-refractivity contribution in [1.82, 2.24) is 0 Å². The SMILES string of the molecule is NCC1CCCCCC1C1CCOC2(CCC2)C1. The van der Waals surface area contributed by atoms with Gasteiger partial charge in [0.25, 0.3) is 0 Å². The van der Waals surface area contributed by atoms with Gasteiger partial charge in [-0.05, 0) is 69.2 Å². The topological polar surface area (TPSA) is 35.2 Å². The second-order valence-corrected chi connectivity index (χ2v) is 6.94. The molecule has 3 atom stereocenters. The summed E-state index contributed by atoms with van der Waals surface area (Å²) >= 11 is 0. The lowest BCUT2D eigenvalue weighted by Gasteiger charge is -2.49. The first kappa shape index (κ1) is 12.9. The Morgan fingerprint density at radius 2 is 1.83 bits per heavy atom. The molecule has 1 aliphatic heterocycles. The summed E-state index contributed by atoms with van der Waals surface area (Å²) in [6.07, 6.45) is 13.8. The number of hydrogen-bond acceptors (Lipinski definition) is 2. The highest BCUT2D eigenvalue weighted by Crippen LogP contribution is 2.48. The Morgan fingerprint density at radius 1 is 1.00 bits per heavy atom. The van der Waals surface area contributed by atoms with Crippen LogP contribution in [0.25, 0.3) is 0 Å². The molecule has 3 aliphatic rings. The average molecular weight is 251 g/mol. The summed E-state index contributed by atoms with van der Waals surface area (Å²) in [4.78, 5) is 0. The maximum Gasteiger partial charge on any atom is 0.0685 e. The van der Waals surface area contributed by atoms with Crippen molar-refractivity contribution in [1.29, 1.82) is 0 Å². The van der Waals surface area contributed by atoms with E-state index in [1.54, 1.807) is 0 Å².